The highest BCUT2D eigenvalue weighted by molar-refractivity contribution is 9.10. The molecule has 0 saturated carbocycles. The van der Waals surface area contributed by atoms with Crippen molar-refractivity contribution in [3.05, 3.63) is 166 Å². The monoisotopic (exact) mass is 743 g/mol. The van der Waals surface area contributed by atoms with Gasteiger partial charge < -0.3 is 16.0 Å². The predicted octanol–water partition coefficient (Wildman–Crippen LogP) is 7.56. The third-order valence-electron chi connectivity index (χ3n) is 7.44. The van der Waals surface area contributed by atoms with Crippen LogP contribution < -0.4 is 21.0 Å². The molecule has 1 aliphatic heterocycles. The number of carbonyl (C=O) groups excluding carboxylic acids is 4. The summed E-state index contributed by atoms with van der Waals surface area (Å²) in [6.45, 7) is 0. The van der Waals surface area contributed by atoms with Gasteiger partial charge in [-0.3, -0.25) is 19.2 Å². The fraction of sp³-hybridized carbons (Fsp3) is 0.0513. The van der Waals surface area contributed by atoms with Crippen LogP contribution in [0.2, 0.25) is 0 Å². The van der Waals surface area contributed by atoms with E-state index < -0.39 is 17.1 Å². The van der Waals surface area contributed by atoms with Crippen molar-refractivity contribution in [2.45, 2.75) is 16.6 Å². The zero-order chi connectivity index (χ0) is 34.9. The molecule has 5 aromatic rings. The van der Waals surface area contributed by atoms with Crippen molar-refractivity contribution in [1.82, 2.24) is 10.6 Å². The maximum atomic E-state index is 13.8. The molecule has 0 saturated heterocycles. The Morgan fingerprint density at radius 1 is 0.780 bits per heavy atom. The number of para-hydroxylation sites is 1. The SMILES string of the molecule is O=C(Nc1cccc(SC(C(=O)NC2=NN(c3ccccc3)C(=O)C2)c2ccccc2)c1)/C(=C/c1ccc(Br)cc1)NC(=O)c1ccccc1. The van der Waals surface area contributed by atoms with Crippen LogP contribution in [0.5, 0.6) is 0 Å². The van der Waals surface area contributed by atoms with Gasteiger partial charge in [0.1, 0.15) is 16.8 Å². The number of carbonyl (C=O) groups is 4. The highest BCUT2D eigenvalue weighted by Crippen LogP contribution is 2.37. The minimum atomic E-state index is -0.705. The van der Waals surface area contributed by atoms with Crippen LogP contribution in [0.25, 0.3) is 6.08 Å². The van der Waals surface area contributed by atoms with Crippen LogP contribution in [0.15, 0.2) is 160 Å². The number of hydrogen-bond acceptors (Lipinski definition) is 6. The maximum Gasteiger partial charge on any atom is 0.272 e. The molecule has 1 aliphatic rings. The molecule has 0 fully saturated rings. The van der Waals surface area contributed by atoms with Crippen LogP contribution in [-0.4, -0.2) is 29.5 Å². The summed E-state index contributed by atoms with van der Waals surface area (Å²) >= 11 is 4.71. The van der Waals surface area contributed by atoms with E-state index in [1.54, 1.807) is 60.7 Å². The first-order valence-corrected chi connectivity index (χ1v) is 17.2. The summed E-state index contributed by atoms with van der Waals surface area (Å²) in [5.41, 5.74) is 3.01. The quantitative estimate of drug-likeness (QED) is 0.101. The van der Waals surface area contributed by atoms with Crippen LogP contribution in [0.1, 0.15) is 33.2 Å². The summed E-state index contributed by atoms with van der Waals surface area (Å²) < 4.78 is 0.879. The smallest absolute Gasteiger partial charge is 0.272 e. The standard InChI is InChI=1S/C39H30BrN5O4S/c40-29-21-19-26(20-22-29)23-33(42-37(47)28-13-6-2-7-14-28)38(48)41-30-15-10-18-32(24-30)50-36(27-11-4-1-5-12-27)39(49)43-34-25-35(46)45(44-34)31-16-8-3-9-17-31/h1-24,36H,25H2,(H,41,48)(H,42,47)(H,43,44,49)/b33-23-. The summed E-state index contributed by atoms with van der Waals surface area (Å²) in [4.78, 5) is 53.9. The van der Waals surface area contributed by atoms with Crippen molar-refractivity contribution in [3.8, 4) is 0 Å². The van der Waals surface area contributed by atoms with E-state index in [0.717, 1.165) is 10.0 Å². The topological polar surface area (TPSA) is 120 Å². The number of amidine groups is 1. The number of rotatable bonds is 10. The zero-order valence-electron chi connectivity index (χ0n) is 26.5. The summed E-state index contributed by atoms with van der Waals surface area (Å²) in [6, 6.07) is 41.4. The van der Waals surface area contributed by atoms with E-state index in [9.17, 15) is 19.2 Å². The van der Waals surface area contributed by atoms with Gasteiger partial charge in [0.15, 0.2) is 0 Å². The van der Waals surface area contributed by atoms with Gasteiger partial charge in [-0.05, 0) is 71.8 Å². The first kappa shape index (κ1) is 34.1. The van der Waals surface area contributed by atoms with E-state index in [1.807, 2.05) is 84.9 Å². The Morgan fingerprint density at radius 3 is 2.14 bits per heavy atom. The Balaban J connectivity index is 1.21. The number of amides is 4. The lowest BCUT2D eigenvalue weighted by molar-refractivity contribution is -0.119. The van der Waals surface area contributed by atoms with Gasteiger partial charge in [0.2, 0.25) is 5.91 Å². The molecule has 6 rings (SSSR count). The highest BCUT2D eigenvalue weighted by Gasteiger charge is 2.29. The van der Waals surface area contributed by atoms with Crippen LogP contribution in [0.3, 0.4) is 0 Å². The second-order valence-corrected chi connectivity index (χ2v) is 13.2. The zero-order valence-corrected chi connectivity index (χ0v) is 28.9. The van der Waals surface area contributed by atoms with Crippen LogP contribution in [0, 0.1) is 0 Å². The van der Waals surface area contributed by atoms with Gasteiger partial charge in [-0.25, -0.2) is 0 Å². The molecular weight excluding hydrogens is 714 g/mol. The first-order valence-electron chi connectivity index (χ1n) is 15.6. The van der Waals surface area contributed by atoms with Crippen molar-refractivity contribution >= 4 is 74.6 Å². The molecule has 0 radical (unpaired) electrons. The molecule has 11 heteroatoms. The van der Waals surface area contributed by atoms with Gasteiger partial charge in [-0.2, -0.15) is 10.1 Å². The van der Waals surface area contributed by atoms with Gasteiger partial charge in [0.05, 0.1) is 12.1 Å². The second-order valence-electron chi connectivity index (χ2n) is 11.1. The molecule has 0 bridgehead atoms. The van der Waals surface area contributed by atoms with Crippen molar-refractivity contribution < 1.29 is 19.2 Å². The minimum absolute atomic E-state index is 0.0365. The molecule has 1 heterocycles. The lowest BCUT2D eigenvalue weighted by Gasteiger charge is -2.17. The van der Waals surface area contributed by atoms with Crippen LogP contribution >= 0.6 is 27.7 Å². The number of thioether (sulfide) groups is 1. The average Bonchev–Trinajstić information content (AvgIpc) is 3.51. The van der Waals surface area contributed by atoms with Crippen LogP contribution in [-0.2, 0) is 14.4 Å². The third-order valence-corrected chi connectivity index (χ3v) is 9.22. The number of nitrogens with zero attached hydrogens (tertiary/aromatic N) is 2. The maximum absolute atomic E-state index is 13.8. The van der Waals surface area contributed by atoms with Gasteiger partial charge in [-0.1, -0.05) is 101 Å². The molecule has 248 valence electrons. The Hall–Kier alpha value is -5.78. The number of anilines is 2. The molecule has 0 aliphatic carbocycles. The first-order chi connectivity index (χ1) is 24.3. The Bertz CT molecular complexity index is 2070. The number of hydrazone groups is 1. The third kappa shape index (κ3) is 8.81. The Labute approximate surface area is 301 Å². The normalized spacial score (nSPS) is 13.3. The van der Waals surface area contributed by atoms with Gasteiger partial charge in [0.25, 0.3) is 17.7 Å². The molecule has 0 aromatic heterocycles. The van der Waals surface area contributed by atoms with E-state index in [1.165, 1.54) is 16.8 Å². The molecule has 5 aromatic carbocycles. The van der Waals surface area contributed by atoms with Crippen molar-refractivity contribution in [2.24, 2.45) is 5.10 Å². The van der Waals surface area contributed by atoms with E-state index in [4.69, 9.17) is 0 Å². The molecular formula is C39H30BrN5O4S. The number of hydrogen-bond donors (Lipinski definition) is 3. The number of nitrogens with one attached hydrogen (secondary N) is 3. The summed E-state index contributed by atoms with van der Waals surface area (Å²) in [5.74, 6) is -1.28. The number of benzene rings is 5. The molecule has 50 heavy (non-hydrogen) atoms. The Morgan fingerprint density at radius 2 is 1.44 bits per heavy atom. The number of halogens is 1. The molecule has 9 nitrogen and oxygen atoms in total. The summed E-state index contributed by atoms with van der Waals surface area (Å²) in [6.07, 6.45) is 1.57. The lowest BCUT2D eigenvalue weighted by atomic mass is 10.1. The van der Waals surface area contributed by atoms with Crippen LogP contribution in [0.4, 0.5) is 11.4 Å². The van der Waals surface area contributed by atoms with Gasteiger partial charge >= 0.3 is 0 Å². The van der Waals surface area contributed by atoms with E-state index in [-0.39, 0.29) is 29.8 Å². The fourth-order valence-electron chi connectivity index (χ4n) is 5.03. The second kappa shape index (κ2) is 16.1. The van der Waals surface area contributed by atoms with Crippen molar-refractivity contribution in [3.63, 3.8) is 0 Å². The fourth-order valence-corrected chi connectivity index (χ4v) is 6.38. The molecule has 4 amide bonds. The lowest BCUT2D eigenvalue weighted by Crippen LogP contribution is -2.33. The van der Waals surface area contributed by atoms with Crippen molar-refractivity contribution in [1.29, 1.82) is 0 Å². The highest BCUT2D eigenvalue weighted by atomic mass is 79.9. The average molecular weight is 745 g/mol. The van der Waals surface area contributed by atoms with E-state index in [0.29, 0.717) is 27.4 Å². The predicted molar refractivity (Wildman–Crippen MR) is 200 cm³/mol. The minimum Gasteiger partial charge on any atom is -0.321 e. The van der Waals surface area contributed by atoms with Crippen molar-refractivity contribution in [2.75, 3.05) is 10.3 Å². The molecule has 3 N–H and O–H groups in total. The molecule has 1 atom stereocenters. The van der Waals surface area contributed by atoms with Gasteiger partial charge in [0, 0.05) is 20.6 Å². The van der Waals surface area contributed by atoms with Gasteiger partial charge in [-0.15, -0.1) is 11.8 Å². The largest absolute Gasteiger partial charge is 0.321 e. The van der Waals surface area contributed by atoms with E-state index in [2.05, 4.69) is 37.0 Å². The van der Waals surface area contributed by atoms with E-state index >= 15 is 0 Å². The summed E-state index contributed by atoms with van der Waals surface area (Å²) in [7, 11) is 0. The molecule has 1 unspecified atom stereocenters. The Kier molecular flexibility index (Phi) is 11.0. The summed E-state index contributed by atoms with van der Waals surface area (Å²) in [5, 5.41) is 13.5. The molecule has 0 spiro atoms.